The highest BCUT2D eigenvalue weighted by atomic mass is 16.4. The van der Waals surface area contributed by atoms with Gasteiger partial charge in [0, 0.05) is 12.4 Å². The van der Waals surface area contributed by atoms with Gasteiger partial charge < -0.3 is 5.11 Å². The number of carbonyl (C=O) groups is 1. The van der Waals surface area contributed by atoms with Crippen molar-refractivity contribution in [2.75, 3.05) is 0 Å². The monoisotopic (exact) mass is 205 g/mol. The first-order valence-electron chi connectivity index (χ1n) is 5.06. The zero-order chi connectivity index (χ0) is 11.3. The fourth-order valence-electron chi connectivity index (χ4n) is 2.51. The van der Waals surface area contributed by atoms with Crippen LogP contribution in [0.2, 0.25) is 0 Å². The third kappa shape index (κ3) is 1.19. The number of hydrogen-bond donors (Lipinski definition) is 1. The number of nitrogens with zero attached hydrogens (tertiary/aromatic N) is 1. The second-order valence-corrected chi connectivity index (χ2v) is 4.96. The van der Waals surface area contributed by atoms with Crippen LogP contribution in [0.4, 0.5) is 0 Å². The van der Waals surface area contributed by atoms with Gasteiger partial charge in [-0.3, -0.25) is 9.78 Å². The Bertz CT molecular complexity index is 425. The molecule has 1 aliphatic rings. The summed E-state index contributed by atoms with van der Waals surface area (Å²) in [5, 5.41) is 9.40. The number of aryl methyl sites for hydroxylation is 1. The van der Waals surface area contributed by atoms with Crippen molar-refractivity contribution in [2.45, 2.75) is 32.6 Å². The van der Waals surface area contributed by atoms with E-state index >= 15 is 0 Å². The summed E-state index contributed by atoms with van der Waals surface area (Å²) in [5.74, 6) is -0.721. The number of rotatable bonds is 2. The third-order valence-corrected chi connectivity index (χ3v) is 3.58. The van der Waals surface area contributed by atoms with Crippen LogP contribution >= 0.6 is 0 Å². The number of carboxylic acid groups (broad SMARTS) is 1. The molecular weight excluding hydrogens is 190 g/mol. The number of carboxylic acids is 1. The van der Waals surface area contributed by atoms with Gasteiger partial charge in [0.25, 0.3) is 0 Å². The van der Waals surface area contributed by atoms with Gasteiger partial charge in [0.05, 0.1) is 5.41 Å². The van der Waals surface area contributed by atoms with Crippen molar-refractivity contribution in [3.63, 3.8) is 0 Å². The molecule has 1 N–H and O–H groups in total. The molecule has 15 heavy (non-hydrogen) atoms. The maximum atomic E-state index is 11.4. The fourth-order valence-corrected chi connectivity index (χ4v) is 2.51. The molecule has 0 saturated heterocycles. The van der Waals surface area contributed by atoms with Crippen molar-refractivity contribution < 1.29 is 9.90 Å². The quantitative estimate of drug-likeness (QED) is 0.804. The molecule has 0 spiro atoms. The molecule has 2 rings (SSSR count). The minimum absolute atomic E-state index is 0.148. The molecule has 1 atom stereocenters. The van der Waals surface area contributed by atoms with E-state index in [1.54, 1.807) is 12.4 Å². The highest BCUT2D eigenvalue weighted by molar-refractivity contribution is 5.87. The van der Waals surface area contributed by atoms with Crippen LogP contribution in [0, 0.1) is 12.3 Å². The number of pyridine rings is 1. The summed E-state index contributed by atoms with van der Waals surface area (Å²) < 4.78 is 0. The Morgan fingerprint density at radius 2 is 2.13 bits per heavy atom. The van der Waals surface area contributed by atoms with Gasteiger partial charge in [0.2, 0.25) is 0 Å². The zero-order valence-corrected chi connectivity index (χ0v) is 9.24. The summed E-state index contributed by atoms with van der Waals surface area (Å²) in [6, 6.07) is 1.83. The largest absolute Gasteiger partial charge is 0.481 e. The van der Waals surface area contributed by atoms with E-state index in [0.717, 1.165) is 11.1 Å². The molecule has 1 unspecified atom stereocenters. The Morgan fingerprint density at radius 3 is 2.53 bits per heavy atom. The van der Waals surface area contributed by atoms with Crippen molar-refractivity contribution in [3.8, 4) is 0 Å². The molecule has 0 aliphatic heterocycles. The van der Waals surface area contributed by atoms with Crippen molar-refractivity contribution in [2.24, 2.45) is 5.41 Å². The van der Waals surface area contributed by atoms with Gasteiger partial charge in [-0.05, 0) is 36.0 Å². The Hall–Kier alpha value is -1.38. The van der Waals surface area contributed by atoms with E-state index in [4.69, 9.17) is 0 Å². The molecule has 1 fully saturated rings. The van der Waals surface area contributed by atoms with Crippen LogP contribution in [-0.4, -0.2) is 16.1 Å². The van der Waals surface area contributed by atoms with Crippen LogP contribution in [0.25, 0.3) is 0 Å². The zero-order valence-electron chi connectivity index (χ0n) is 9.24. The molecule has 0 bridgehead atoms. The summed E-state index contributed by atoms with van der Waals surface area (Å²) in [7, 11) is 0. The molecule has 0 radical (unpaired) electrons. The molecule has 80 valence electrons. The van der Waals surface area contributed by atoms with E-state index in [-0.39, 0.29) is 5.41 Å². The fraction of sp³-hybridized carbons (Fsp3) is 0.500. The van der Waals surface area contributed by atoms with Crippen molar-refractivity contribution in [1.29, 1.82) is 0 Å². The van der Waals surface area contributed by atoms with Gasteiger partial charge in [-0.15, -0.1) is 0 Å². The molecule has 1 heterocycles. The molecular formula is C12H15NO2. The summed E-state index contributed by atoms with van der Waals surface area (Å²) in [6.45, 7) is 5.92. The van der Waals surface area contributed by atoms with Crippen molar-refractivity contribution in [3.05, 3.63) is 29.6 Å². The molecule has 1 saturated carbocycles. The maximum Gasteiger partial charge on any atom is 0.314 e. The molecule has 0 amide bonds. The maximum absolute atomic E-state index is 11.4. The number of aromatic nitrogens is 1. The highest BCUT2D eigenvalue weighted by Crippen LogP contribution is 2.64. The summed E-state index contributed by atoms with van der Waals surface area (Å²) in [5.41, 5.74) is 1.03. The standard InChI is InChI=1S/C12H15NO2/c1-8-6-13-5-4-9(8)12(10(14)15)7-11(12,2)3/h4-6H,7H2,1-3H3,(H,14,15). The average Bonchev–Trinajstić information content (AvgIpc) is 2.71. The Labute approximate surface area is 89.2 Å². The summed E-state index contributed by atoms with van der Waals surface area (Å²) in [4.78, 5) is 15.4. The van der Waals surface area contributed by atoms with Gasteiger partial charge >= 0.3 is 5.97 Å². The van der Waals surface area contributed by atoms with Crippen LogP contribution in [0.3, 0.4) is 0 Å². The normalized spacial score (nSPS) is 27.4. The Kier molecular flexibility index (Phi) is 1.90. The lowest BCUT2D eigenvalue weighted by Crippen LogP contribution is -2.26. The van der Waals surface area contributed by atoms with Gasteiger partial charge in [-0.2, -0.15) is 0 Å². The van der Waals surface area contributed by atoms with Crippen LogP contribution in [0.15, 0.2) is 18.5 Å². The van der Waals surface area contributed by atoms with Crippen molar-refractivity contribution >= 4 is 5.97 Å². The lowest BCUT2D eigenvalue weighted by molar-refractivity contribution is -0.141. The lowest BCUT2D eigenvalue weighted by Gasteiger charge is -2.17. The van der Waals surface area contributed by atoms with Crippen molar-refractivity contribution in [1.82, 2.24) is 4.98 Å². The van der Waals surface area contributed by atoms with E-state index in [1.807, 2.05) is 26.8 Å². The van der Waals surface area contributed by atoms with Gasteiger partial charge in [-0.25, -0.2) is 0 Å². The second kappa shape index (κ2) is 2.81. The lowest BCUT2D eigenvalue weighted by atomic mass is 9.86. The molecule has 3 heteroatoms. The SMILES string of the molecule is Cc1cnccc1C1(C(=O)O)CC1(C)C. The number of hydrogen-bond acceptors (Lipinski definition) is 2. The van der Waals surface area contributed by atoms with Crippen LogP contribution in [0.1, 0.15) is 31.4 Å². The predicted molar refractivity (Wildman–Crippen MR) is 56.7 cm³/mol. The van der Waals surface area contributed by atoms with E-state index < -0.39 is 11.4 Å². The first-order chi connectivity index (χ1) is 6.92. The Morgan fingerprint density at radius 1 is 1.53 bits per heavy atom. The molecule has 1 aliphatic carbocycles. The number of aliphatic carboxylic acids is 1. The Balaban J connectivity index is 2.55. The van der Waals surface area contributed by atoms with E-state index in [0.29, 0.717) is 6.42 Å². The minimum Gasteiger partial charge on any atom is -0.481 e. The van der Waals surface area contributed by atoms with Gasteiger partial charge in [0.15, 0.2) is 0 Å². The van der Waals surface area contributed by atoms with Crippen LogP contribution in [-0.2, 0) is 10.2 Å². The molecule has 3 nitrogen and oxygen atoms in total. The first kappa shape index (κ1) is 10.1. The summed E-state index contributed by atoms with van der Waals surface area (Å²) >= 11 is 0. The topological polar surface area (TPSA) is 50.2 Å². The van der Waals surface area contributed by atoms with E-state index in [9.17, 15) is 9.90 Å². The highest BCUT2D eigenvalue weighted by Gasteiger charge is 2.68. The average molecular weight is 205 g/mol. The molecule has 1 aromatic rings. The molecule has 1 aromatic heterocycles. The van der Waals surface area contributed by atoms with Crippen LogP contribution < -0.4 is 0 Å². The third-order valence-electron chi connectivity index (χ3n) is 3.58. The summed E-state index contributed by atoms with van der Waals surface area (Å²) in [6.07, 6.45) is 4.11. The smallest absolute Gasteiger partial charge is 0.314 e. The first-order valence-corrected chi connectivity index (χ1v) is 5.06. The van der Waals surface area contributed by atoms with E-state index in [1.165, 1.54) is 0 Å². The van der Waals surface area contributed by atoms with Crippen LogP contribution in [0.5, 0.6) is 0 Å². The van der Waals surface area contributed by atoms with Gasteiger partial charge in [-0.1, -0.05) is 13.8 Å². The van der Waals surface area contributed by atoms with E-state index in [2.05, 4.69) is 4.98 Å². The minimum atomic E-state index is -0.721. The molecule has 0 aromatic carbocycles. The van der Waals surface area contributed by atoms with Gasteiger partial charge in [0.1, 0.15) is 0 Å². The predicted octanol–water partition coefficient (Wildman–Crippen LogP) is 2.14. The second-order valence-electron chi connectivity index (χ2n) is 4.96.